The highest BCUT2D eigenvalue weighted by Crippen LogP contribution is 2.44. The van der Waals surface area contributed by atoms with Gasteiger partial charge in [0.1, 0.15) is 0 Å². The lowest BCUT2D eigenvalue weighted by molar-refractivity contribution is 0.191. The SMILES string of the molecule is CC1(C#N)CCC(C)(C#N)CC1. The first-order chi connectivity index (χ1) is 5.54. The first-order valence-electron chi connectivity index (χ1n) is 4.36. The van der Waals surface area contributed by atoms with Gasteiger partial charge in [-0.2, -0.15) is 10.5 Å². The van der Waals surface area contributed by atoms with Crippen LogP contribution in [-0.2, 0) is 0 Å². The van der Waals surface area contributed by atoms with Crippen LogP contribution in [0.3, 0.4) is 0 Å². The van der Waals surface area contributed by atoms with E-state index >= 15 is 0 Å². The summed E-state index contributed by atoms with van der Waals surface area (Å²) < 4.78 is 0. The topological polar surface area (TPSA) is 47.6 Å². The molecular weight excluding hydrogens is 148 g/mol. The molecule has 0 saturated heterocycles. The molecular formula is C10H14N2. The third-order valence-electron chi connectivity index (χ3n) is 3.00. The van der Waals surface area contributed by atoms with Crippen LogP contribution < -0.4 is 0 Å². The largest absolute Gasteiger partial charge is 0.198 e. The van der Waals surface area contributed by atoms with Crippen molar-refractivity contribution in [2.24, 2.45) is 10.8 Å². The van der Waals surface area contributed by atoms with E-state index in [1.807, 2.05) is 13.8 Å². The minimum Gasteiger partial charge on any atom is -0.198 e. The van der Waals surface area contributed by atoms with Crippen molar-refractivity contribution in [1.82, 2.24) is 0 Å². The number of rotatable bonds is 0. The molecule has 0 radical (unpaired) electrons. The molecule has 1 aliphatic carbocycles. The maximum absolute atomic E-state index is 8.86. The van der Waals surface area contributed by atoms with Crippen LogP contribution in [-0.4, -0.2) is 0 Å². The summed E-state index contributed by atoms with van der Waals surface area (Å²) in [5, 5.41) is 17.7. The van der Waals surface area contributed by atoms with E-state index in [4.69, 9.17) is 10.5 Å². The number of hydrogen-bond donors (Lipinski definition) is 0. The standard InChI is InChI=1S/C10H14N2/c1-9(7-11)3-5-10(2,8-12)6-4-9/h3-6H2,1-2H3. The average Bonchev–Trinajstić information content (AvgIpc) is 2.11. The first kappa shape index (κ1) is 9.07. The van der Waals surface area contributed by atoms with Crippen LogP contribution in [0.25, 0.3) is 0 Å². The first-order valence-corrected chi connectivity index (χ1v) is 4.36. The molecule has 0 amide bonds. The second kappa shape index (κ2) is 2.79. The van der Waals surface area contributed by atoms with Gasteiger partial charge in [-0.3, -0.25) is 0 Å². The molecule has 1 rings (SSSR count). The Kier molecular flexibility index (Phi) is 2.11. The summed E-state index contributed by atoms with van der Waals surface area (Å²) in [6.07, 6.45) is 3.47. The van der Waals surface area contributed by atoms with E-state index < -0.39 is 0 Å². The van der Waals surface area contributed by atoms with Crippen LogP contribution in [0.15, 0.2) is 0 Å². The number of nitriles is 2. The van der Waals surface area contributed by atoms with Gasteiger partial charge < -0.3 is 0 Å². The molecule has 64 valence electrons. The van der Waals surface area contributed by atoms with Crippen LogP contribution in [0, 0.1) is 33.5 Å². The minimum atomic E-state index is -0.170. The quantitative estimate of drug-likeness (QED) is 0.549. The fourth-order valence-corrected chi connectivity index (χ4v) is 1.58. The summed E-state index contributed by atoms with van der Waals surface area (Å²) in [5.41, 5.74) is -0.341. The van der Waals surface area contributed by atoms with Crippen LogP contribution in [0.5, 0.6) is 0 Å². The summed E-state index contributed by atoms with van der Waals surface area (Å²) in [7, 11) is 0. The molecule has 0 heterocycles. The Hall–Kier alpha value is -1.02. The Balaban J connectivity index is 2.64. The molecule has 0 N–H and O–H groups in total. The molecule has 0 aliphatic heterocycles. The molecule has 0 atom stereocenters. The summed E-state index contributed by atoms with van der Waals surface area (Å²) in [5.74, 6) is 0. The molecule has 1 saturated carbocycles. The van der Waals surface area contributed by atoms with Crippen LogP contribution >= 0.6 is 0 Å². The Labute approximate surface area is 73.8 Å². The Bertz CT molecular complexity index is 218. The van der Waals surface area contributed by atoms with Crippen LogP contribution in [0.4, 0.5) is 0 Å². The van der Waals surface area contributed by atoms with E-state index in [1.54, 1.807) is 0 Å². The van der Waals surface area contributed by atoms with Crippen molar-refractivity contribution in [3.8, 4) is 12.1 Å². The van der Waals surface area contributed by atoms with E-state index in [-0.39, 0.29) is 10.8 Å². The van der Waals surface area contributed by atoms with Crippen molar-refractivity contribution in [2.45, 2.75) is 39.5 Å². The van der Waals surface area contributed by atoms with Gasteiger partial charge in [0.15, 0.2) is 0 Å². The maximum atomic E-state index is 8.86. The van der Waals surface area contributed by atoms with E-state index in [1.165, 1.54) is 0 Å². The van der Waals surface area contributed by atoms with Crippen LogP contribution in [0.1, 0.15) is 39.5 Å². The number of hydrogen-bond acceptors (Lipinski definition) is 2. The van der Waals surface area contributed by atoms with Gasteiger partial charge in [0.05, 0.1) is 23.0 Å². The van der Waals surface area contributed by atoms with Crippen molar-refractivity contribution in [2.75, 3.05) is 0 Å². The van der Waals surface area contributed by atoms with Gasteiger partial charge in [0.2, 0.25) is 0 Å². The zero-order valence-corrected chi connectivity index (χ0v) is 7.72. The Morgan fingerprint density at radius 2 is 1.08 bits per heavy atom. The number of nitrogens with zero attached hydrogens (tertiary/aromatic N) is 2. The molecule has 2 heteroatoms. The normalized spacial score (nSPS) is 41.3. The van der Waals surface area contributed by atoms with Gasteiger partial charge in [0.25, 0.3) is 0 Å². The zero-order chi connectivity index (χ0) is 9.24. The zero-order valence-electron chi connectivity index (χ0n) is 7.72. The van der Waals surface area contributed by atoms with E-state index in [9.17, 15) is 0 Å². The second-order valence-electron chi connectivity index (χ2n) is 4.34. The van der Waals surface area contributed by atoms with E-state index in [2.05, 4.69) is 12.1 Å². The molecule has 0 spiro atoms. The predicted molar refractivity (Wildman–Crippen MR) is 45.9 cm³/mol. The summed E-state index contributed by atoms with van der Waals surface area (Å²) in [4.78, 5) is 0. The van der Waals surface area contributed by atoms with Crippen molar-refractivity contribution >= 4 is 0 Å². The molecule has 0 unspecified atom stereocenters. The fourth-order valence-electron chi connectivity index (χ4n) is 1.58. The fraction of sp³-hybridized carbons (Fsp3) is 0.800. The lowest BCUT2D eigenvalue weighted by Crippen LogP contribution is -2.28. The highest BCUT2D eigenvalue weighted by molar-refractivity contribution is 5.06. The summed E-state index contributed by atoms with van der Waals surface area (Å²) >= 11 is 0. The molecule has 1 fully saturated rings. The highest BCUT2D eigenvalue weighted by Gasteiger charge is 2.37. The van der Waals surface area contributed by atoms with Crippen LogP contribution in [0.2, 0.25) is 0 Å². The van der Waals surface area contributed by atoms with Gasteiger partial charge in [0, 0.05) is 0 Å². The monoisotopic (exact) mass is 162 g/mol. The molecule has 12 heavy (non-hydrogen) atoms. The Morgan fingerprint density at radius 3 is 1.25 bits per heavy atom. The predicted octanol–water partition coefficient (Wildman–Crippen LogP) is 2.62. The molecule has 0 aromatic rings. The molecule has 1 aliphatic rings. The minimum absolute atomic E-state index is 0.170. The van der Waals surface area contributed by atoms with Crippen molar-refractivity contribution in [1.29, 1.82) is 10.5 Å². The molecule has 0 aromatic carbocycles. The molecule has 2 nitrogen and oxygen atoms in total. The van der Waals surface area contributed by atoms with Crippen molar-refractivity contribution in [3.63, 3.8) is 0 Å². The smallest absolute Gasteiger partial charge is 0.0686 e. The third kappa shape index (κ3) is 1.59. The van der Waals surface area contributed by atoms with Gasteiger partial charge in [-0.05, 0) is 39.5 Å². The van der Waals surface area contributed by atoms with Gasteiger partial charge in [-0.25, -0.2) is 0 Å². The maximum Gasteiger partial charge on any atom is 0.0686 e. The Morgan fingerprint density at radius 1 is 0.833 bits per heavy atom. The summed E-state index contributed by atoms with van der Waals surface area (Å²) in [6.45, 7) is 3.98. The third-order valence-corrected chi connectivity index (χ3v) is 3.00. The lowest BCUT2D eigenvalue weighted by atomic mass is 9.66. The van der Waals surface area contributed by atoms with Crippen molar-refractivity contribution < 1.29 is 0 Å². The summed E-state index contributed by atoms with van der Waals surface area (Å²) in [6, 6.07) is 4.67. The van der Waals surface area contributed by atoms with Crippen molar-refractivity contribution in [3.05, 3.63) is 0 Å². The second-order valence-corrected chi connectivity index (χ2v) is 4.34. The highest BCUT2D eigenvalue weighted by atomic mass is 14.4. The van der Waals surface area contributed by atoms with Gasteiger partial charge in [-0.15, -0.1) is 0 Å². The van der Waals surface area contributed by atoms with E-state index in [0.29, 0.717) is 0 Å². The van der Waals surface area contributed by atoms with Gasteiger partial charge in [-0.1, -0.05) is 0 Å². The van der Waals surface area contributed by atoms with Gasteiger partial charge >= 0.3 is 0 Å². The van der Waals surface area contributed by atoms with E-state index in [0.717, 1.165) is 25.7 Å². The lowest BCUT2D eigenvalue weighted by Gasteiger charge is -2.34. The molecule has 0 bridgehead atoms. The average molecular weight is 162 g/mol. The molecule has 0 aromatic heterocycles.